The molecule has 4 rings (SSSR count). The Hall–Kier alpha value is -3.45. The second-order valence-corrected chi connectivity index (χ2v) is 8.27. The van der Waals surface area contributed by atoms with Gasteiger partial charge in [-0.1, -0.05) is 41.6 Å². The zero-order valence-corrected chi connectivity index (χ0v) is 19.0. The number of fused-ring (bicyclic) bond motifs is 1. The molecule has 166 valence electrons. The van der Waals surface area contributed by atoms with Crippen molar-refractivity contribution < 1.29 is 9.32 Å². The summed E-state index contributed by atoms with van der Waals surface area (Å²) in [5.74, 6) is -0.0680. The van der Waals surface area contributed by atoms with E-state index in [0.29, 0.717) is 18.8 Å². The molecule has 0 N–H and O–H groups in total. The molecule has 0 aliphatic rings. The Balaban J connectivity index is 1.61. The molecule has 4 aromatic rings. The molecule has 0 spiro atoms. The van der Waals surface area contributed by atoms with Gasteiger partial charge in [-0.3, -0.25) is 9.69 Å². The van der Waals surface area contributed by atoms with Gasteiger partial charge in [-0.05, 0) is 44.5 Å². The van der Waals surface area contributed by atoms with Crippen molar-refractivity contribution in [3.8, 4) is 0 Å². The van der Waals surface area contributed by atoms with E-state index in [2.05, 4.69) is 29.1 Å². The van der Waals surface area contributed by atoms with Gasteiger partial charge in [0.1, 0.15) is 17.6 Å². The zero-order valence-electron chi connectivity index (χ0n) is 19.0. The first-order valence-electron chi connectivity index (χ1n) is 10.8. The standard InChI is InChI=1S/C25H29N5O2/c1-18-9-8-14-30-22(17-29(4)19(2)21-13-16-32-27-21)23(26-24(18)30)25(31)28(3)15-12-20-10-6-5-7-11-20/h5-11,13-14,16,19H,12,15,17H2,1-4H3/t19-/m0/s1. The van der Waals surface area contributed by atoms with Crippen LogP contribution in [0, 0.1) is 6.92 Å². The number of pyridine rings is 1. The van der Waals surface area contributed by atoms with Crippen LogP contribution >= 0.6 is 0 Å². The fourth-order valence-corrected chi connectivity index (χ4v) is 3.84. The molecule has 0 saturated heterocycles. The highest BCUT2D eigenvalue weighted by molar-refractivity contribution is 5.94. The van der Waals surface area contributed by atoms with Gasteiger partial charge in [-0.2, -0.15) is 0 Å². The summed E-state index contributed by atoms with van der Waals surface area (Å²) < 4.78 is 7.04. The maximum Gasteiger partial charge on any atom is 0.274 e. The summed E-state index contributed by atoms with van der Waals surface area (Å²) in [6, 6.07) is 16.1. The molecule has 3 aromatic heterocycles. The van der Waals surface area contributed by atoms with Gasteiger partial charge in [0.2, 0.25) is 0 Å². The summed E-state index contributed by atoms with van der Waals surface area (Å²) in [5.41, 5.74) is 5.27. The second kappa shape index (κ2) is 9.36. The Morgan fingerprint density at radius 2 is 1.91 bits per heavy atom. The Kier molecular flexibility index (Phi) is 6.37. The predicted molar refractivity (Wildman–Crippen MR) is 123 cm³/mol. The lowest BCUT2D eigenvalue weighted by Gasteiger charge is -2.23. The van der Waals surface area contributed by atoms with Crippen molar-refractivity contribution >= 4 is 11.6 Å². The van der Waals surface area contributed by atoms with Crippen LogP contribution in [0.15, 0.2) is 65.5 Å². The maximum absolute atomic E-state index is 13.5. The first-order valence-corrected chi connectivity index (χ1v) is 10.8. The van der Waals surface area contributed by atoms with E-state index in [4.69, 9.17) is 9.51 Å². The molecule has 0 radical (unpaired) electrons. The average Bonchev–Trinajstić information content (AvgIpc) is 3.47. The van der Waals surface area contributed by atoms with Crippen molar-refractivity contribution in [3.63, 3.8) is 0 Å². The number of likely N-dealkylation sites (N-methyl/N-ethyl adjacent to an activating group) is 1. The first kappa shape index (κ1) is 21.8. The molecular formula is C25H29N5O2. The molecule has 0 fully saturated rings. The summed E-state index contributed by atoms with van der Waals surface area (Å²) in [7, 11) is 3.86. The largest absolute Gasteiger partial charge is 0.364 e. The van der Waals surface area contributed by atoms with Crippen LogP contribution in [0.2, 0.25) is 0 Å². The molecular weight excluding hydrogens is 402 g/mol. The number of aryl methyl sites for hydroxylation is 1. The quantitative estimate of drug-likeness (QED) is 0.419. The van der Waals surface area contributed by atoms with E-state index in [1.54, 1.807) is 11.2 Å². The van der Waals surface area contributed by atoms with Crippen LogP contribution in [0.4, 0.5) is 0 Å². The lowest BCUT2D eigenvalue weighted by molar-refractivity contribution is 0.0788. The molecule has 1 atom stereocenters. The Bertz CT molecular complexity index is 1180. The number of carbonyl (C=O) groups excluding carboxylic acids is 1. The Morgan fingerprint density at radius 3 is 2.62 bits per heavy atom. The number of imidazole rings is 1. The molecule has 0 aliphatic carbocycles. The Morgan fingerprint density at radius 1 is 1.12 bits per heavy atom. The highest BCUT2D eigenvalue weighted by Gasteiger charge is 2.25. The van der Waals surface area contributed by atoms with Gasteiger partial charge >= 0.3 is 0 Å². The molecule has 0 bridgehead atoms. The minimum atomic E-state index is -0.0680. The number of aromatic nitrogens is 3. The minimum Gasteiger partial charge on any atom is -0.364 e. The molecule has 0 unspecified atom stereocenters. The van der Waals surface area contributed by atoms with Crippen LogP contribution in [-0.4, -0.2) is 50.9 Å². The fourth-order valence-electron chi connectivity index (χ4n) is 3.84. The summed E-state index contributed by atoms with van der Waals surface area (Å²) in [4.78, 5) is 22.1. The number of benzene rings is 1. The minimum absolute atomic E-state index is 0.0304. The van der Waals surface area contributed by atoms with Gasteiger partial charge in [0.05, 0.1) is 11.7 Å². The van der Waals surface area contributed by atoms with Crippen molar-refractivity contribution in [3.05, 3.63) is 89.2 Å². The van der Waals surface area contributed by atoms with Gasteiger partial charge in [0.25, 0.3) is 5.91 Å². The third-order valence-electron chi connectivity index (χ3n) is 6.02. The van der Waals surface area contributed by atoms with Crippen LogP contribution < -0.4 is 0 Å². The highest BCUT2D eigenvalue weighted by atomic mass is 16.5. The van der Waals surface area contributed by atoms with E-state index < -0.39 is 0 Å². The lowest BCUT2D eigenvalue weighted by atomic mass is 10.1. The van der Waals surface area contributed by atoms with Crippen LogP contribution in [-0.2, 0) is 13.0 Å². The predicted octanol–water partition coefficient (Wildman–Crippen LogP) is 4.14. The van der Waals surface area contributed by atoms with Crippen molar-refractivity contribution in [2.45, 2.75) is 32.9 Å². The summed E-state index contributed by atoms with van der Waals surface area (Å²) in [6.45, 7) is 5.26. The monoisotopic (exact) mass is 431 g/mol. The van der Waals surface area contributed by atoms with Crippen LogP contribution in [0.3, 0.4) is 0 Å². The number of carbonyl (C=O) groups is 1. The summed E-state index contributed by atoms with van der Waals surface area (Å²) in [6.07, 6.45) is 4.35. The van der Waals surface area contributed by atoms with Crippen molar-refractivity contribution in [2.24, 2.45) is 0 Å². The zero-order chi connectivity index (χ0) is 22.7. The van der Waals surface area contributed by atoms with Gasteiger partial charge in [0.15, 0.2) is 5.69 Å². The smallest absolute Gasteiger partial charge is 0.274 e. The number of rotatable bonds is 8. The van der Waals surface area contributed by atoms with Gasteiger partial charge < -0.3 is 13.8 Å². The van der Waals surface area contributed by atoms with E-state index in [-0.39, 0.29) is 11.9 Å². The maximum atomic E-state index is 13.5. The van der Waals surface area contributed by atoms with Crippen LogP contribution in [0.5, 0.6) is 0 Å². The second-order valence-electron chi connectivity index (χ2n) is 8.27. The van der Waals surface area contributed by atoms with Crippen molar-refractivity contribution in [1.82, 2.24) is 24.3 Å². The highest BCUT2D eigenvalue weighted by Crippen LogP contribution is 2.23. The van der Waals surface area contributed by atoms with E-state index in [1.165, 1.54) is 5.56 Å². The molecule has 0 aliphatic heterocycles. The van der Waals surface area contributed by atoms with E-state index in [9.17, 15) is 4.79 Å². The molecule has 3 heterocycles. The van der Waals surface area contributed by atoms with Gasteiger partial charge in [-0.15, -0.1) is 0 Å². The van der Waals surface area contributed by atoms with E-state index >= 15 is 0 Å². The molecule has 1 amide bonds. The molecule has 7 nitrogen and oxygen atoms in total. The van der Waals surface area contributed by atoms with Crippen LogP contribution in [0.25, 0.3) is 5.65 Å². The molecule has 1 aromatic carbocycles. The third kappa shape index (κ3) is 4.43. The topological polar surface area (TPSA) is 66.9 Å². The summed E-state index contributed by atoms with van der Waals surface area (Å²) in [5, 5.41) is 4.07. The lowest BCUT2D eigenvalue weighted by Crippen LogP contribution is -2.31. The number of hydrogen-bond donors (Lipinski definition) is 0. The van der Waals surface area contributed by atoms with E-state index in [1.807, 2.05) is 68.0 Å². The van der Waals surface area contributed by atoms with Gasteiger partial charge in [-0.25, -0.2) is 4.98 Å². The van der Waals surface area contributed by atoms with E-state index in [0.717, 1.165) is 29.0 Å². The third-order valence-corrected chi connectivity index (χ3v) is 6.02. The number of nitrogens with zero attached hydrogens (tertiary/aromatic N) is 5. The number of hydrogen-bond acceptors (Lipinski definition) is 5. The van der Waals surface area contributed by atoms with Crippen LogP contribution in [0.1, 0.15) is 46.0 Å². The Labute approximate surface area is 188 Å². The normalized spacial score (nSPS) is 12.4. The average molecular weight is 432 g/mol. The molecule has 0 saturated carbocycles. The first-order chi connectivity index (χ1) is 15.5. The number of amides is 1. The van der Waals surface area contributed by atoms with Crippen molar-refractivity contribution in [2.75, 3.05) is 20.6 Å². The molecule has 7 heteroatoms. The SMILES string of the molecule is Cc1cccn2c(CN(C)[C@@H](C)c3ccon3)c(C(=O)N(C)CCc3ccccc3)nc12. The molecule has 32 heavy (non-hydrogen) atoms. The van der Waals surface area contributed by atoms with Gasteiger partial charge in [0, 0.05) is 32.4 Å². The van der Waals surface area contributed by atoms with Crippen molar-refractivity contribution in [1.29, 1.82) is 0 Å². The fraction of sp³-hybridized carbons (Fsp3) is 0.320. The summed E-state index contributed by atoms with van der Waals surface area (Å²) >= 11 is 0.